The molecule has 1 saturated heterocycles. The van der Waals surface area contributed by atoms with E-state index < -0.39 is 0 Å². The third-order valence-electron chi connectivity index (χ3n) is 2.93. The van der Waals surface area contributed by atoms with Gasteiger partial charge < -0.3 is 4.42 Å². The molecule has 1 atom stereocenters. The standard InChI is InChI=1S/C12H15N3OS2/c1-2-15-11(10-4-3-6-16-10)13-14-12(15)18-9-5-7-17-8-9/h3-4,6,9H,2,5,7-8H2,1H3/t9-/m1/s1. The van der Waals surface area contributed by atoms with Gasteiger partial charge in [-0.2, -0.15) is 11.8 Å². The van der Waals surface area contributed by atoms with Crippen LogP contribution in [0.2, 0.25) is 0 Å². The molecule has 0 spiro atoms. The second-order valence-corrected chi connectivity index (χ2v) is 6.55. The van der Waals surface area contributed by atoms with Crippen molar-refractivity contribution in [2.45, 2.75) is 30.3 Å². The zero-order valence-corrected chi connectivity index (χ0v) is 11.8. The normalized spacial score (nSPS) is 19.5. The molecule has 0 saturated carbocycles. The van der Waals surface area contributed by atoms with Crippen LogP contribution in [-0.4, -0.2) is 31.5 Å². The highest BCUT2D eigenvalue weighted by Gasteiger charge is 2.21. The Kier molecular flexibility index (Phi) is 3.65. The van der Waals surface area contributed by atoms with Gasteiger partial charge in [0.1, 0.15) is 0 Å². The molecule has 96 valence electrons. The van der Waals surface area contributed by atoms with Gasteiger partial charge in [-0.25, -0.2) is 0 Å². The first-order valence-corrected chi connectivity index (χ1v) is 8.13. The lowest BCUT2D eigenvalue weighted by atomic mass is 10.4. The highest BCUT2D eigenvalue weighted by Crippen LogP contribution is 2.33. The van der Waals surface area contributed by atoms with E-state index in [0.29, 0.717) is 5.25 Å². The number of rotatable bonds is 4. The molecule has 3 heterocycles. The Bertz CT molecular complexity index is 503. The number of aromatic nitrogens is 3. The van der Waals surface area contributed by atoms with Crippen LogP contribution < -0.4 is 0 Å². The molecule has 0 bridgehead atoms. The van der Waals surface area contributed by atoms with E-state index >= 15 is 0 Å². The van der Waals surface area contributed by atoms with Crippen LogP contribution in [0, 0.1) is 0 Å². The maximum Gasteiger partial charge on any atom is 0.200 e. The molecule has 2 aromatic heterocycles. The highest BCUT2D eigenvalue weighted by atomic mass is 32.2. The van der Waals surface area contributed by atoms with Gasteiger partial charge in [-0.15, -0.1) is 10.2 Å². The van der Waals surface area contributed by atoms with Crippen LogP contribution in [0.3, 0.4) is 0 Å². The summed E-state index contributed by atoms with van der Waals surface area (Å²) in [5, 5.41) is 10.3. The summed E-state index contributed by atoms with van der Waals surface area (Å²) in [4.78, 5) is 0. The van der Waals surface area contributed by atoms with Gasteiger partial charge in [0, 0.05) is 17.5 Å². The van der Waals surface area contributed by atoms with Gasteiger partial charge in [-0.3, -0.25) is 4.57 Å². The molecular weight excluding hydrogens is 266 g/mol. The van der Waals surface area contributed by atoms with Crippen LogP contribution >= 0.6 is 23.5 Å². The van der Waals surface area contributed by atoms with Crippen molar-refractivity contribution in [2.75, 3.05) is 11.5 Å². The Hall–Kier alpha value is -0.880. The summed E-state index contributed by atoms with van der Waals surface area (Å²) in [7, 11) is 0. The second-order valence-electron chi connectivity index (χ2n) is 4.13. The minimum atomic E-state index is 0.675. The third-order valence-corrected chi connectivity index (χ3v) is 5.56. The first kappa shape index (κ1) is 12.2. The Morgan fingerprint density at radius 2 is 2.50 bits per heavy atom. The van der Waals surface area contributed by atoms with Crippen LogP contribution in [0.15, 0.2) is 28.0 Å². The van der Waals surface area contributed by atoms with Crippen molar-refractivity contribution in [3.8, 4) is 11.6 Å². The zero-order valence-electron chi connectivity index (χ0n) is 10.2. The molecule has 0 aliphatic carbocycles. The first-order chi connectivity index (χ1) is 8.88. The van der Waals surface area contributed by atoms with E-state index in [0.717, 1.165) is 23.3 Å². The maximum atomic E-state index is 5.41. The minimum Gasteiger partial charge on any atom is -0.461 e. The molecule has 0 amide bonds. The third kappa shape index (κ3) is 2.31. The molecule has 0 radical (unpaired) electrons. The number of hydrogen-bond acceptors (Lipinski definition) is 5. The average molecular weight is 281 g/mol. The van der Waals surface area contributed by atoms with Crippen LogP contribution in [0.4, 0.5) is 0 Å². The fraction of sp³-hybridized carbons (Fsp3) is 0.500. The lowest BCUT2D eigenvalue weighted by Crippen LogP contribution is -2.04. The fourth-order valence-corrected chi connectivity index (χ4v) is 4.73. The minimum absolute atomic E-state index is 0.675. The monoisotopic (exact) mass is 281 g/mol. The van der Waals surface area contributed by atoms with Crippen molar-refractivity contribution in [1.29, 1.82) is 0 Å². The van der Waals surface area contributed by atoms with Crippen molar-refractivity contribution in [1.82, 2.24) is 14.8 Å². The molecule has 3 rings (SSSR count). The summed E-state index contributed by atoms with van der Waals surface area (Å²) in [6, 6.07) is 3.81. The smallest absolute Gasteiger partial charge is 0.200 e. The molecule has 18 heavy (non-hydrogen) atoms. The summed E-state index contributed by atoms with van der Waals surface area (Å²) in [5.41, 5.74) is 0. The van der Waals surface area contributed by atoms with Crippen molar-refractivity contribution < 1.29 is 4.42 Å². The summed E-state index contributed by atoms with van der Waals surface area (Å²) < 4.78 is 7.54. The summed E-state index contributed by atoms with van der Waals surface area (Å²) >= 11 is 3.87. The van der Waals surface area contributed by atoms with Gasteiger partial charge in [0.05, 0.1) is 6.26 Å². The molecule has 2 aromatic rings. The highest BCUT2D eigenvalue weighted by molar-refractivity contribution is 8.04. The molecular formula is C12H15N3OS2. The Labute approximate surface area is 115 Å². The van der Waals surface area contributed by atoms with Crippen LogP contribution in [0.5, 0.6) is 0 Å². The average Bonchev–Trinajstić information content (AvgIpc) is 3.10. The van der Waals surface area contributed by atoms with Crippen LogP contribution in [-0.2, 0) is 6.54 Å². The molecule has 1 aliphatic rings. The number of hydrogen-bond donors (Lipinski definition) is 0. The van der Waals surface area contributed by atoms with E-state index in [4.69, 9.17) is 4.42 Å². The number of nitrogens with zero attached hydrogens (tertiary/aromatic N) is 3. The van der Waals surface area contributed by atoms with Crippen molar-refractivity contribution in [3.63, 3.8) is 0 Å². The molecule has 0 aromatic carbocycles. The van der Waals surface area contributed by atoms with Crippen molar-refractivity contribution in [3.05, 3.63) is 18.4 Å². The fourth-order valence-electron chi connectivity index (χ4n) is 2.00. The van der Waals surface area contributed by atoms with E-state index in [1.807, 2.05) is 35.7 Å². The van der Waals surface area contributed by atoms with Gasteiger partial charge in [-0.05, 0) is 31.2 Å². The summed E-state index contributed by atoms with van der Waals surface area (Å²) in [5.74, 6) is 4.10. The zero-order chi connectivity index (χ0) is 12.4. The molecule has 0 unspecified atom stereocenters. The predicted molar refractivity (Wildman–Crippen MR) is 75.0 cm³/mol. The molecule has 1 aliphatic heterocycles. The van der Waals surface area contributed by atoms with Gasteiger partial charge in [0.2, 0.25) is 0 Å². The van der Waals surface area contributed by atoms with Gasteiger partial charge in [0.25, 0.3) is 0 Å². The van der Waals surface area contributed by atoms with E-state index in [9.17, 15) is 0 Å². The quantitative estimate of drug-likeness (QED) is 0.861. The lowest BCUT2D eigenvalue weighted by molar-refractivity contribution is 0.567. The topological polar surface area (TPSA) is 43.9 Å². The van der Waals surface area contributed by atoms with E-state index in [1.54, 1.807) is 6.26 Å². The maximum absolute atomic E-state index is 5.41. The first-order valence-electron chi connectivity index (χ1n) is 6.10. The summed E-state index contributed by atoms with van der Waals surface area (Å²) in [6.07, 6.45) is 2.94. The van der Waals surface area contributed by atoms with E-state index in [-0.39, 0.29) is 0 Å². The molecule has 1 fully saturated rings. The largest absolute Gasteiger partial charge is 0.461 e. The van der Waals surface area contributed by atoms with Gasteiger partial charge in [0.15, 0.2) is 16.7 Å². The van der Waals surface area contributed by atoms with E-state index in [2.05, 4.69) is 21.7 Å². The number of furan rings is 1. The summed E-state index contributed by atoms with van der Waals surface area (Å²) in [6.45, 7) is 2.98. The SMILES string of the molecule is CCn1c(S[C@@H]2CCSC2)nnc1-c1ccco1. The molecule has 6 heteroatoms. The van der Waals surface area contributed by atoms with Crippen molar-refractivity contribution in [2.24, 2.45) is 0 Å². The van der Waals surface area contributed by atoms with Crippen LogP contribution in [0.1, 0.15) is 13.3 Å². The second kappa shape index (κ2) is 5.40. The van der Waals surface area contributed by atoms with Gasteiger partial charge in [-0.1, -0.05) is 11.8 Å². The number of thioether (sulfide) groups is 2. The predicted octanol–water partition coefficient (Wildman–Crippen LogP) is 3.16. The van der Waals surface area contributed by atoms with Crippen molar-refractivity contribution >= 4 is 23.5 Å². The Morgan fingerprint density at radius 3 is 3.17 bits per heavy atom. The Balaban J connectivity index is 1.86. The lowest BCUT2D eigenvalue weighted by Gasteiger charge is -2.09. The van der Waals surface area contributed by atoms with E-state index in [1.165, 1.54) is 17.9 Å². The van der Waals surface area contributed by atoms with Gasteiger partial charge >= 0.3 is 0 Å². The molecule has 4 nitrogen and oxygen atoms in total. The van der Waals surface area contributed by atoms with Crippen LogP contribution in [0.25, 0.3) is 11.6 Å². The Morgan fingerprint density at radius 1 is 1.56 bits per heavy atom. The molecule has 0 N–H and O–H groups in total.